The maximum Gasteiger partial charge on any atom is 0.255 e. The summed E-state index contributed by atoms with van der Waals surface area (Å²) in [5.74, 6) is 0.314. The van der Waals surface area contributed by atoms with Gasteiger partial charge in [0.05, 0.1) is 17.5 Å². The zero-order valence-corrected chi connectivity index (χ0v) is 11.9. The molecule has 5 nitrogen and oxygen atoms in total. The Balaban J connectivity index is 1.78. The smallest absolute Gasteiger partial charge is 0.255 e. The van der Waals surface area contributed by atoms with Crippen LogP contribution in [0.15, 0.2) is 36.5 Å². The van der Waals surface area contributed by atoms with Gasteiger partial charge in [-0.05, 0) is 25.3 Å². The zero-order valence-electron chi connectivity index (χ0n) is 11.9. The topological polar surface area (TPSA) is 83.8 Å². The van der Waals surface area contributed by atoms with Gasteiger partial charge in [-0.3, -0.25) is 9.89 Å². The maximum atomic E-state index is 12.5. The van der Waals surface area contributed by atoms with Crippen LogP contribution in [0.3, 0.4) is 0 Å². The van der Waals surface area contributed by atoms with Crippen molar-refractivity contribution in [1.29, 1.82) is 0 Å². The third-order valence-corrected chi connectivity index (χ3v) is 4.22. The Bertz CT molecular complexity index is 608. The fourth-order valence-electron chi connectivity index (χ4n) is 3.04. The second-order valence-corrected chi connectivity index (χ2v) is 5.53. The van der Waals surface area contributed by atoms with Crippen LogP contribution in [-0.2, 0) is 0 Å². The molecule has 1 aliphatic carbocycles. The number of aromatic amines is 1. The Morgan fingerprint density at radius 3 is 2.90 bits per heavy atom. The van der Waals surface area contributed by atoms with Crippen molar-refractivity contribution in [1.82, 2.24) is 15.5 Å². The fraction of sp³-hybridized carbons (Fsp3) is 0.375. The highest BCUT2D eigenvalue weighted by atomic mass is 16.1. The molecule has 21 heavy (non-hydrogen) atoms. The number of nitrogens with zero attached hydrogens (tertiary/aromatic N) is 1. The summed E-state index contributed by atoms with van der Waals surface area (Å²) in [5.41, 5.74) is 8.08. The van der Waals surface area contributed by atoms with E-state index in [1.54, 1.807) is 6.20 Å². The van der Waals surface area contributed by atoms with Crippen LogP contribution in [-0.4, -0.2) is 28.7 Å². The molecule has 0 bridgehead atoms. The van der Waals surface area contributed by atoms with Crippen molar-refractivity contribution in [3.8, 4) is 11.3 Å². The minimum atomic E-state index is -0.0760. The fourth-order valence-corrected chi connectivity index (χ4v) is 3.04. The zero-order chi connectivity index (χ0) is 14.7. The lowest BCUT2D eigenvalue weighted by molar-refractivity contribution is 0.0929. The second-order valence-electron chi connectivity index (χ2n) is 5.53. The van der Waals surface area contributed by atoms with E-state index in [2.05, 4.69) is 15.5 Å². The van der Waals surface area contributed by atoms with Gasteiger partial charge in [-0.2, -0.15) is 5.10 Å². The number of benzene rings is 1. The molecular weight excluding hydrogens is 264 g/mol. The molecule has 2 aromatic rings. The molecule has 2 atom stereocenters. The van der Waals surface area contributed by atoms with E-state index in [1.807, 2.05) is 30.3 Å². The molecule has 0 spiro atoms. The normalized spacial score (nSPS) is 21.4. The lowest BCUT2D eigenvalue weighted by Gasteiger charge is -2.19. The van der Waals surface area contributed by atoms with E-state index in [1.165, 1.54) is 0 Å². The third-order valence-electron chi connectivity index (χ3n) is 4.22. The van der Waals surface area contributed by atoms with Crippen molar-refractivity contribution in [3.05, 3.63) is 42.1 Å². The van der Waals surface area contributed by atoms with Crippen LogP contribution in [0.25, 0.3) is 11.3 Å². The van der Waals surface area contributed by atoms with Crippen LogP contribution in [0, 0.1) is 5.92 Å². The molecule has 1 saturated carbocycles. The van der Waals surface area contributed by atoms with Crippen LogP contribution in [0.5, 0.6) is 0 Å². The number of rotatable bonds is 4. The molecule has 110 valence electrons. The number of nitrogens with two attached hydrogens (primary N) is 1. The number of nitrogens with one attached hydrogen (secondary N) is 2. The minimum absolute atomic E-state index is 0.0760. The molecule has 0 saturated heterocycles. The second kappa shape index (κ2) is 6.10. The van der Waals surface area contributed by atoms with Crippen molar-refractivity contribution in [2.24, 2.45) is 11.7 Å². The summed E-state index contributed by atoms with van der Waals surface area (Å²) >= 11 is 0. The standard InChI is InChI=1S/C16H20N4O/c17-9-12-7-4-8-14(12)19-16(21)13-10-18-20-15(13)11-5-2-1-3-6-11/h1-3,5-6,10,12,14H,4,7-9,17H2,(H,18,20)(H,19,21). The van der Waals surface area contributed by atoms with E-state index in [9.17, 15) is 4.79 Å². The Hall–Kier alpha value is -2.14. The number of carbonyl (C=O) groups excluding carboxylic acids is 1. The van der Waals surface area contributed by atoms with E-state index in [0.717, 1.165) is 30.5 Å². The minimum Gasteiger partial charge on any atom is -0.349 e. The van der Waals surface area contributed by atoms with E-state index < -0.39 is 0 Å². The van der Waals surface area contributed by atoms with Gasteiger partial charge in [-0.15, -0.1) is 0 Å². The quantitative estimate of drug-likeness (QED) is 0.802. The van der Waals surface area contributed by atoms with Gasteiger partial charge in [0.1, 0.15) is 0 Å². The van der Waals surface area contributed by atoms with E-state index in [4.69, 9.17) is 5.73 Å². The van der Waals surface area contributed by atoms with Gasteiger partial charge < -0.3 is 11.1 Å². The van der Waals surface area contributed by atoms with Gasteiger partial charge in [0.2, 0.25) is 0 Å². The van der Waals surface area contributed by atoms with Gasteiger partial charge in [0.25, 0.3) is 5.91 Å². The molecule has 0 radical (unpaired) electrons. The molecule has 4 N–H and O–H groups in total. The number of amides is 1. The Morgan fingerprint density at radius 2 is 2.14 bits per heavy atom. The highest BCUT2D eigenvalue weighted by molar-refractivity contribution is 5.99. The van der Waals surface area contributed by atoms with Crippen LogP contribution >= 0.6 is 0 Å². The highest BCUT2D eigenvalue weighted by Crippen LogP contribution is 2.26. The molecule has 1 heterocycles. The van der Waals surface area contributed by atoms with E-state index in [0.29, 0.717) is 18.0 Å². The van der Waals surface area contributed by atoms with Gasteiger partial charge in [0.15, 0.2) is 0 Å². The number of hydrogen-bond donors (Lipinski definition) is 3. The summed E-state index contributed by atoms with van der Waals surface area (Å²) in [6.45, 7) is 0.627. The first-order chi connectivity index (χ1) is 10.3. The van der Waals surface area contributed by atoms with Crippen molar-refractivity contribution in [2.75, 3.05) is 6.54 Å². The number of carbonyl (C=O) groups is 1. The van der Waals surface area contributed by atoms with Gasteiger partial charge >= 0.3 is 0 Å². The first-order valence-corrected chi connectivity index (χ1v) is 7.39. The number of hydrogen-bond acceptors (Lipinski definition) is 3. The summed E-state index contributed by atoms with van der Waals surface area (Å²) in [4.78, 5) is 12.5. The predicted octanol–water partition coefficient (Wildman–Crippen LogP) is 1.93. The first kappa shape index (κ1) is 13.8. The average Bonchev–Trinajstić information content (AvgIpc) is 3.16. The van der Waals surface area contributed by atoms with Crippen LogP contribution < -0.4 is 11.1 Å². The van der Waals surface area contributed by atoms with Crippen LogP contribution in [0.2, 0.25) is 0 Å². The molecule has 1 fully saturated rings. The lowest BCUT2D eigenvalue weighted by Crippen LogP contribution is -2.39. The molecule has 1 amide bonds. The van der Waals surface area contributed by atoms with Crippen molar-refractivity contribution in [2.45, 2.75) is 25.3 Å². The summed E-state index contributed by atoms with van der Waals surface area (Å²) in [6.07, 6.45) is 4.82. The van der Waals surface area contributed by atoms with Crippen molar-refractivity contribution >= 4 is 5.91 Å². The Kier molecular flexibility index (Phi) is 4.01. The molecule has 1 aromatic carbocycles. The largest absolute Gasteiger partial charge is 0.349 e. The molecular formula is C16H20N4O. The Morgan fingerprint density at radius 1 is 1.33 bits per heavy atom. The molecule has 0 aliphatic heterocycles. The number of H-pyrrole nitrogens is 1. The summed E-state index contributed by atoms with van der Waals surface area (Å²) in [6, 6.07) is 9.94. The monoisotopic (exact) mass is 284 g/mol. The maximum absolute atomic E-state index is 12.5. The van der Waals surface area contributed by atoms with Crippen LogP contribution in [0.4, 0.5) is 0 Å². The van der Waals surface area contributed by atoms with E-state index in [-0.39, 0.29) is 11.9 Å². The first-order valence-electron chi connectivity index (χ1n) is 7.39. The SMILES string of the molecule is NCC1CCCC1NC(=O)c1cn[nH]c1-c1ccccc1. The molecule has 5 heteroatoms. The van der Waals surface area contributed by atoms with Gasteiger partial charge in [-0.1, -0.05) is 36.8 Å². The highest BCUT2D eigenvalue weighted by Gasteiger charge is 2.28. The van der Waals surface area contributed by atoms with Gasteiger partial charge in [-0.25, -0.2) is 0 Å². The number of aromatic nitrogens is 2. The van der Waals surface area contributed by atoms with Crippen molar-refractivity contribution in [3.63, 3.8) is 0 Å². The third kappa shape index (κ3) is 2.83. The van der Waals surface area contributed by atoms with E-state index >= 15 is 0 Å². The lowest BCUT2D eigenvalue weighted by atomic mass is 10.0. The summed E-state index contributed by atoms with van der Waals surface area (Å²) < 4.78 is 0. The van der Waals surface area contributed by atoms with Crippen LogP contribution in [0.1, 0.15) is 29.6 Å². The molecule has 1 aliphatic rings. The molecule has 3 rings (SSSR count). The molecule has 1 aromatic heterocycles. The Labute approximate surface area is 123 Å². The van der Waals surface area contributed by atoms with Gasteiger partial charge in [0, 0.05) is 11.6 Å². The summed E-state index contributed by atoms with van der Waals surface area (Å²) in [7, 11) is 0. The average molecular weight is 284 g/mol. The summed E-state index contributed by atoms with van der Waals surface area (Å²) in [5, 5.41) is 10.1. The predicted molar refractivity (Wildman–Crippen MR) is 81.7 cm³/mol. The van der Waals surface area contributed by atoms with Crippen molar-refractivity contribution < 1.29 is 4.79 Å². The molecule has 2 unspecified atom stereocenters.